The van der Waals surface area contributed by atoms with Gasteiger partial charge in [0, 0.05) is 13.5 Å². The zero-order chi connectivity index (χ0) is 13.5. The fourth-order valence-corrected chi connectivity index (χ4v) is 1.38. The number of hydrogen-bond acceptors (Lipinski definition) is 4. The van der Waals surface area contributed by atoms with Gasteiger partial charge < -0.3 is 14.2 Å². The molecular formula is C13H17FO4. The van der Waals surface area contributed by atoms with E-state index in [2.05, 4.69) is 0 Å². The summed E-state index contributed by atoms with van der Waals surface area (Å²) in [6.07, 6.45) is 0.541. The molecule has 1 atom stereocenters. The van der Waals surface area contributed by atoms with Gasteiger partial charge in [-0.2, -0.15) is 0 Å². The number of ether oxygens (including phenoxy) is 3. The Morgan fingerprint density at radius 1 is 1.39 bits per heavy atom. The highest BCUT2D eigenvalue weighted by Gasteiger charge is 2.19. The third-order valence-electron chi connectivity index (χ3n) is 2.56. The molecule has 100 valence electrons. The van der Waals surface area contributed by atoms with Crippen molar-refractivity contribution in [1.82, 2.24) is 0 Å². The van der Waals surface area contributed by atoms with Crippen molar-refractivity contribution in [2.24, 2.45) is 0 Å². The quantitative estimate of drug-likeness (QED) is 0.733. The zero-order valence-electron chi connectivity index (χ0n) is 10.7. The first kappa shape index (κ1) is 14.4. The minimum absolute atomic E-state index is 0.0136. The molecular weight excluding hydrogens is 239 g/mol. The second-order valence-electron chi connectivity index (χ2n) is 3.79. The SMILES string of the molecule is COc1cccc(F)c1C(=O)OCC[C@H](C)OC. The van der Waals surface area contributed by atoms with Gasteiger partial charge in [-0.05, 0) is 19.1 Å². The average molecular weight is 256 g/mol. The largest absolute Gasteiger partial charge is 0.496 e. The lowest BCUT2D eigenvalue weighted by Crippen LogP contribution is -2.14. The minimum Gasteiger partial charge on any atom is -0.496 e. The van der Waals surface area contributed by atoms with Crippen molar-refractivity contribution >= 4 is 5.97 Å². The summed E-state index contributed by atoms with van der Waals surface area (Å²) in [5.41, 5.74) is -0.176. The fraction of sp³-hybridized carbons (Fsp3) is 0.462. The second-order valence-corrected chi connectivity index (χ2v) is 3.79. The van der Waals surface area contributed by atoms with Gasteiger partial charge in [0.15, 0.2) is 0 Å². The zero-order valence-corrected chi connectivity index (χ0v) is 10.7. The van der Waals surface area contributed by atoms with Crippen molar-refractivity contribution < 1.29 is 23.4 Å². The van der Waals surface area contributed by atoms with E-state index >= 15 is 0 Å². The molecule has 0 heterocycles. The molecule has 0 N–H and O–H groups in total. The van der Waals surface area contributed by atoms with Gasteiger partial charge in [-0.15, -0.1) is 0 Å². The van der Waals surface area contributed by atoms with Crippen molar-refractivity contribution in [2.45, 2.75) is 19.4 Å². The van der Waals surface area contributed by atoms with E-state index in [1.54, 1.807) is 7.11 Å². The number of rotatable bonds is 6. The van der Waals surface area contributed by atoms with Crippen molar-refractivity contribution in [2.75, 3.05) is 20.8 Å². The molecule has 0 aliphatic carbocycles. The van der Waals surface area contributed by atoms with Crippen LogP contribution in [0.15, 0.2) is 18.2 Å². The van der Waals surface area contributed by atoms with Crippen LogP contribution in [0.25, 0.3) is 0 Å². The van der Waals surface area contributed by atoms with Crippen molar-refractivity contribution in [3.05, 3.63) is 29.6 Å². The molecule has 0 radical (unpaired) electrons. The lowest BCUT2D eigenvalue weighted by molar-refractivity contribution is 0.0383. The third-order valence-corrected chi connectivity index (χ3v) is 2.56. The topological polar surface area (TPSA) is 44.8 Å². The molecule has 1 aromatic rings. The highest BCUT2D eigenvalue weighted by Crippen LogP contribution is 2.22. The van der Waals surface area contributed by atoms with E-state index in [9.17, 15) is 9.18 Å². The lowest BCUT2D eigenvalue weighted by atomic mass is 10.2. The van der Waals surface area contributed by atoms with E-state index in [0.717, 1.165) is 0 Å². The molecule has 0 spiro atoms. The van der Waals surface area contributed by atoms with Crippen LogP contribution in [0.4, 0.5) is 4.39 Å². The number of hydrogen-bond donors (Lipinski definition) is 0. The third kappa shape index (κ3) is 3.70. The molecule has 0 saturated heterocycles. The molecule has 0 bridgehead atoms. The summed E-state index contributed by atoms with van der Waals surface area (Å²) < 4.78 is 28.5. The van der Waals surface area contributed by atoms with Crippen molar-refractivity contribution in [3.8, 4) is 5.75 Å². The number of halogens is 1. The first-order valence-electron chi connectivity index (χ1n) is 5.62. The smallest absolute Gasteiger partial charge is 0.344 e. The Labute approximate surface area is 106 Å². The molecule has 5 heteroatoms. The molecule has 1 rings (SSSR count). The molecule has 0 aromatic heterocycles. The summed E-state index contributed by atoms with van der Waals surface area (Å²) in [6, 6.07) is 4.17. The first-order chi connectivity index (χ1) is 8.60. The number of esters is 1. The number of carbonyl (C=O) groups excluding carboxylic acids is 1. The van der Waals surface area contributed by atoms with Gasteiger partial charge in [-0.3, -0.25) is 0 Å². The van der Waals surface area contributed by atoms with Gasteiger partial charge in [-0.25, -0.2) is 9.18 Å². The number of benzene rings is 1. The Bertz CT molecular complexity index is 406. The van der Waals surface area contributed by atoms with Crippen LogP contribution in [0, 0.1) is 5.82 Å². The summed E-state index contributed by atoms with van der Waals surface area (Å²) >= 11 is 0. The Kier molecular flexibility index (Phi) is 5.58. The normalized spacial score (nSPS) is 12.0. The molecule has 0 saturated carbocycles. The van der Waals surface area contributed by atoms with E-state index in [1.165, 1.54) is 25.3 Å². The van der Waals surface area contributed by atoms with Crippen LogP contribution >= 0.6 is 0 Å². The fourth-order valence-electron chi connectivity index (χ4n) is 1.38. The summed E-state index contributed by atoms with van der Waals surface area (Å²) in [6.45, 7) is 2.03. The molecule has 4 nitrogen and oxygen atoms in total. The van der Waals surface area contributed by atoms with Crippen LogP contribution in [-0.2, 0) is 9.47 Å². The molecule has 0 fully saturated rings. The summed E-state index contributed by atoms with van der Waals surface area (Å²) in [5.74, 6) is -1.22. The van der Waals surface area contributed by atoms with Gasteiger partial charge in [0.25, 0.3) is 0 Å². The lowest BCUT2D eigenvalue weighted by Gasteiger charge is -2.11. The highest BCUT2D eigenvalue weighted by molar-refractivity contribution is 5.92. The Morgan fingerprint density at radius 3 is 2.72 bits per heavy atom. The number of carbonyl (C=O) groups is 1. The predicted molar refractivity (Wildman–Crippen MR) is 64.3 cm³/mol. The maximum Gasteiger partial charge on any atom is 0.344 e. The van der Waals surface area contributed by atoms with Gasteiger partial charge >= 0.3 is 5.97 Å². The van der Waals surface area contributed by atoms with E-state index in [-0.39, 0.29) is 24.0 Å². The molecule has 1 aromatic carbocycles. The van der Waals surface area contributed by atoms with Crippen LogP contribution in [0.3, 0.4) is 0 Å². The molecule has 0 unspecified atom stereocenters. The second kappa shape index (κ2) is 6.96. The summed E-state index contributed by atoms with van der Waals surface area (Å²) in [4.78, 5) is 11.7. The van der Waals surface area contributed by atoms with Crippen molar-refractivity contribution in [1.29, 1.82) is 0 Å². The van der Waals surface area contributed by atoms with E-state index in [4.69, 9.17) is 14.2 Å². The summed E-state index contributed by atoms with van der Waals surface area (Å²) in [7, 11) is 2.95. The maximum absolute atomic E-state index is 13.5. The minimum atomic E-state index is -0.728. The Morgan fingerprint density at radius 2 is 2.11 bits per heavy atom. The predicted octanol–water partition coefficient (Wildman–Crippen LogP) is 2.42. The van der Waals surface area contributed by atoms with E-state index in [1.807, 2.05) is 6.92 Å². The van der Waals surface area contributed by atoms with Gasteiger partial charge in [0.1, 0.15) is 17.1 Å². The molecule has 18 heavy (non-hydrogen) atoms. The maximum atomic E-state index is 13.5. The van der Waals surface area contributed by atoms with E-state index in [0.29, 0.717) is 6.42 Å². The molecule has 0 amide bonds. The van der Waals surface area contributed by atoms with Crippen LogP contribution in [0.5, 0.6) is 5.75 Å². The van der Waals surface area contributed by atoms with Crippen molar-refractivity contribution in [3.63, 3.8) is 0 Å². The highest BCUT2D eigenvalue weighted by atomic mass is 19.1. The van der Waals surface area contributed by atoms with Crippen LogP contribution in [-0.4, -0.2) is 32.9 Å². The summed E-state index contributed by atoms with van der Waals surface area (Å²) in [5, 5.41) is 0. The van der Waals surface area contributed by atoms with Crippen LogP contribution < -0.4 is 4.74 Å². The van der Waals surface area contributed by atoms with Gasteiger partial charge in [0.05, 0.1) is 19.8 Å². The van der Waals surface area contributed by atoms with Gasteiger partial charge in [0.2, 0.25) is 0 Å². The first-order valence-corrected chi connectivity index (χ1v) is 5.62. The van der Waals surface area contributed by atoms with Crippen LogP contribution in [0.2, 0.25) is 0 Å². The average Bonchev–Trinajstić information content (AvgIpc) is 2.37. The Hall–Kier alpha value is -1.62. The van der Waals surface area contributed by atoms with E-state index < -0.39 is 11.8 Å². The molecule has 0 aliphatic heterocycles. The monoisotopic (exact) mass is 256 g/mol. The molecule has 0 aliphatic rings. The van der Waals surface area contributed by atoms with Crippen LogP contribution in [0.1, 0.15) is 23.7 Å². The Balaban J connectivity index is 2.67. The number of methoxy groups -OCH3 is 2. The standard InChI is InChI=1S/C13H17FO4/c1-9(16-2)7-8-18-13(15)12-10(14)5-4-6-11(12)17-3/h4-6,9H,7-8H2,1-3H3/t9-/m0/s1. The van der Waals surface area contributed by atoms with Gasteiger partial charge in [-0.1, -0.05) is 6.07 Å².